The van der Waals surface area contributed by atoms with E-state index in [9.17, 15) is 0 Å². The van der Waals surface area contributed by atoms with Gasteiger partial charge in [0.05, 0.1) is 18.8 Å². The van der Waals surface area contributed by atoms with E-state index in [0.717, 1.165) is 31.0 Å². The Morgan fingerprint density at radius 1 is 1.47 bits per heavy atom. The SMILES string of the molecule is CCC1COC(C)CN1c1cc(Cl)ccc1CCN. The first-order valence-corrected chi connectivity index (χ1v) is 7.40. The van der Waals surface area contributed by atoms with Gasteiger partial charge in [-0.05, 0) is 44.0 Å². The molecule has 1 aliphatic rings. The summed E-state index contributed by atoms with van der Waals surface area (Å²) < 4.78 is 5.76. The fourth-order valence-electron chi connectivity index (χ4n) is 2.65. The van der Waals surface area contributed by atoms with E-state index >= 15 is 0 Å². The summed E-state index contributed by atoms with van der Waals surface area (Å²) in [7, 11) is 0. The molecule has 4 heteroatoms. The summed E-state index contributed by atoms with van der Waals surface area (Å²) in [4.78, 5) is 2.44. The van der Waals surface area contributed by atoms with Gasteiger partial charge in [-0.15, -0.1) is 0 Å². The van der Waals surface area contributed by atoms with E-state index in [-0.39, 0.29) is 6.10 Å². The van der Waals surface area contributed by atoms with E-state index in [1.54, 1.807) is 0 Å². The number of ether oxygens (including phenoxy) is 1. The summed E-state index contributed by atoms with van der Waals surface area (Å²) in [6.07, 6.45) is 2.21. The van der Waals surface area contributed by atoms with Crippen LogP contribution in [0.15, 0.2) is 18.2 Å². The molecule has 2 rings (SSSR count). The zero-order valence-electron chi connectivity index (χ0n) is 11.7. The minimum Gasteiger partial charge on any atom is -0.375 e. The Kier molecular flexibility index (Phi) is 5.08. The Bertz CT molecular complexity index is 425. The third-order valence-electron chi connectivity index (χ3n) is 3.71. The van der Waals surface area contributed by atoms with Crippen LogP contribution in [-0.4, -0.2) is 31.8 Å². The monoisotopic (exact) mass is 282 g/mol. The standard InChI is InChI=1S/C15H23ClN2O/c1-3-14-10-19-11(2)9-18(14)15-8-13(16)5-4-12(15)6-7-17/h4-5,8,11,14H,3,6-7,9-10,17H2,1-2H3. The van der Waals surface area contributed by atoms with Crippen molar-refractivity contribution in [2.75, 3.05) is 24.6 Å². The van der Waals surface area contributed by atoms with Crippen LogP contribution in [0, 0.1) is 0 Å². The quantitative estimate of drug-likeness (QED) is 0.923. The van der Waals surface area contributed by atoms with Gasteiger partial charge in [0.2, 0.25) is 0 Å². The number of benzene rings is 1. The molecule has 19 heavy (non-hydrogen) atoms. The molecule has 106 valence electrons. The predicted molar refractivity (Wildman–Crippen MR) is 81.0 cm³/mol. The second-order valence-corrected chi connectivity index (χ2v) is 5.61. The fourth-order valence-corrected chi connectivity index (χ4v) is 2.81. The summed E-state index contributed by atoms with van der Waals surface area (Å²) in [6.45, 7) is 6.67. The van der Waals surface area contributed by atoms with E-state index in [2.05, 4.69) is 30.9 Å². The van der Waals surface area contributed by atoms with E-state index in [0.29, 0.717) is 12.6 Å². The number of rotatable bonds is 4. The molecule has 1 aromatic rings. The molecule has 0 radical (unpaired) electrons. The maximum absolute atomic E-state index is 6.17. The Hall–Kier alpha value is -0.770. The minimum atomic E-state index is 0.257. The summed E-state index contributed by atoms with van der Waals surface area (Å²) in [6, 6.07) is 6.53. The highest BCUT2D eigenvalue weighted by atomic mass is 35.5. The van der Waals surface area contributed by atoms with E-state index in [1.165, 1.54) is 11.3 Å². The van der Waals surface area contributed by atoms with E-state index < -0.39 is 0 Å². The molecule has 0 aliphatic carbocycles. The lowest BCUT2D eigenvalue weighted by molar-refractivity contribution is 0.0299. The number of anilines is 1. The van der Waals surface area contributed by atoms with Gasteiger partial charge in [0.1, 0.15) is 0 Å². The van der Waals surface area contributed by atoms with Gasteiger partial charge in [-0.25, -0.2) is 0 Å². The third-order valence-corrected chi connectivity index (χ3v) is 3.94. The van der Waals surface area contributed by atoms with Gasteiger partial charge in [-0.1, -0.05) is 24.6 Å². The highest BCUT2D eigenvalue weighted by Gasteiger charge is 2.27. The molecule has 0 spiro atoms. The summed E-state index contributed by atoms with van der Waals surface area (Å²) >= 11 is 6.17. The fraction of sp³-hybridized carbons (Fsp3) is 0.600. The van der Waals surface area contributed by atoms with Crippen molar-refractivity contribution in [1.29, 1.82) is 0 Å². The predicted octanol–water partition coefficient (Wildman–Crippen LogP) is 2.84. The molecule has 1 aliphatic heterocycles. The molecule has 1 saturated heterocycles. The number of hydrogen-bond donors (Lipinski definition) is 1. The molecule has 1 fully saturated rings. The summed E-state index contributed by atoms with van der Waals surface area (Å²) in [5, 5.41) is 0.782. The Labute approximate surface area is 120 Å². The zero-order valence-corrected chi connectivity index (χ0v) is 12.5. The lowest BCUT2D eigenvalue weighted by Gasteiger charge is -2.41. The first-order chi connectivity index (χ1) is 9.15. The number of morpholine rings is 1. The van der Waals surface area contributed by atoms with Crippen LogP contribution in [0.4, 0.5) is 5.69 Å². The van der Waals surface area contributed by atoms with Crippen LogP contribution in [0.3, 0.4) is 0 Å². The molecule has 3 nitrogen and oxygen atoms in total. The zero-order chi connectivity index (χ0) is 13.8. The molecule has 1 heterocycles. The molecule has 2 atom stereocenters. The van der Waals surface area contributed by atoms with Crippen LogP contribution >= 0.6 is 11.6 Å². The van der Waals surface area contributed by atoms with Crippen molar-refractivity contribution < 1.29 is 4.74 Å². The molecule has 0 bridgehead atoms. The summed E-state index contributed by atoms with van der Waals surface area (Å²) in [5.41, 5.74) is 8.21. The number of nitrogens with zero attached hydrogens (tertiary/aromatic N) is 1. The molecule has 0 aromatic heterocycles. The highest BCUT2D eigenvalue weighted by Crippen LogP contribution is 2.30. The molecule has 0 amide bonds. The first-order valence-electron chi connectivity index (χ1n) is 7.02. The average Bonchev–Trinajstić information content (AvgIpc) is 2.41. The molecule has 1 aromatic carbocycles. The second kappa shape index (κ2) is 6.60. The normalized spacial score (nSPS) is 23.7. The molecule has 2 unspecified atom stereocenters. The second-order valence-electron chi connectivity index (χ2n) is 5.17. The van der Waals surface area contributed by atoms with Crippen molar-refractivity contribution in [1.82, 2.24) is 0 Å². The van der Waals surface area contributed by atoms with Crippen molar-refractivity contribution in [3.63, 3.8) is 0 Å². The van der Waals surface area contributed by atoms with Gasteiger partial charge in [0, 0.05) is 17.3 Å². The first kappa shape index (κ1) is 14.6. The molecule has 2 N–H and O–H groups in total. The van der Waals surface area contributed by atoms with Gasteiger partial charge in [0.15, 0.2) is 0 Å². The van der Waals surface area contributed by atoms with Gasteiger partial charge in [0.25, 0.3) is 0 Å². The maximum Gasteiger partial charge on any atom is 0.0723 e. The van der Waals surface area contributed by atoms with Crippen LogP contribution in [0.5, 0.6) is 0 Å². The molecule has 0 saturated carbocycles. The van der Waals surface area contributed by atoms with Crippen LogP contribution in [0.25, 0.3) is 0 Å². The lowest BCUT2D eigenvalue weighted by atomic mass is 10.0. The maximum atomic E-state index is 6.17. The Balaban J connectivity index is 2.33. The number of nitrogens with two attached hydrogens (primary N) is 1. The summed E-state index contributed by atoms with van der Waals surface area (Å²) in [5.74, 6) is 0. The van der Waals surface area contributed by atoms with Crippen LogP contribution in [0.2, 0.25) is 5.02 Å². The molecular formula is C15H23ClN2O. The minimum absolute atomic E-state index is 0.257. The van der Waals surface area contributed by atoms with Crippen LogP contribution < -0.4 is 10.6 Å². The topological polar surface area (TPSA) is 38.5 Å². The van der Waals surface area contributed by atoms with E-state index in [4.69, 9.17) is 22.1 Å². The van der Waals surface area contributed by atoms with Crippen LogP contribution in [-0.2, 0) is 11.2 Å². The number of hydrogen-bond acceptors (Lipinski definition) is 3. The smallest absolute Gasteiger partial charge is 0.0723 e. The Morgan fingerprint density at radius 3 is 2.95 bits per heavy atom. The van der Waals surface area contributed by atoms with Gasteiger partial charge in [-0.3, -0.25) is 0 Å². The third kappa shape index (κ3) is 3.41. The lowest BCUT2D eigenvalue weighted by Crippen LogP contribution is -2.49. The average molecular weight is 283 g/mol. The van der Waals surface area contributed by atoms with Gasteiger partial charge in [-0.2, -0.15) is 0 Å². The van der Waals surface area contributed by atoms with Crippen molar-refractivity contribution in [3.05, 3.63) is 28.8 Å². The van der Waals surface area contributed by atoms with Crippen molar-refractivity contribution in [2.45, 2.75) is 38.8 Å². The van der Waals surface area contributed by atoms with Crippen LogP contribution in [0.1, 0.15) is 25.8 Å². The largest absolute Gasteiger partial charge is 0.375 e. The van der Waals surface area contributed by atoms with Crippen molar-refractivity contribution >= 4 is 17.3 Å². The van der Waals surface area contributed by atoms with Crippen molar-refractivity contribution in [2.24, 2.45) is 5.73 Å². The molecular weight excluding hydrogens is 260 g/mol. The van der Waals surface area contributed by atoms with Gasteiger partial charge >= 0.3 is 0 Å². The highest BCUT2D eigenvalue weighted by molar-refractivity contribution is 6.30. The van der Waals surface area contributed by atoms with Crippen molar-refractivity contribution in [3.8, 4) is 0 Å². The van der Waals surface area contributed by atoms with E-state index in [1.807, 2.05) is 6.07 Å². The number of halogens is 1. The van der Waals surface area contributed by atoms with Gasteiger partial charge < -0.3 is 15.4 Å². The Morgan fingerprint density at radius 2 is 2.26 bits per heavy atom.